The van der Waals surface area contributed by atoms with Crippen LogP contribution >= 0.6 is 15.9 Å². The monoisotopic (exact) mass is 318 g/mol. The second-order valence-corrected chi connectivity index (χ2v) is 8.39. The Balaban J connectivity index is 1.50. The number of halogens is 1. The van der Waals surface area contributed by atoms with Crippen LogP contribution in [0.2, 0.25) is 0 Å². The van der Waals surface area contributed by atoms with Gasteiger partial charge >= 0.3 is 0 Å². The molecule has 4 fully saturated rings. The van der Waals surface area contributed by atoms with Gasteiger partial charge in [0.15, 0.2) is 0 Å². The fourth-order valence-corrected chi connectivity index (χ4v) is 6.77. The van der Waals surface area contributed by atoms with Crippen LogP contribution in [0, 0.1) is 29.6 Å². The van der Waals surface area contributed by atoms with E-state index in [9.17, 15) is 0 Å². The summed E-state index contributed by atoms with van der Waals surface area (Å²) in [5.74, 6) is 5.20. The van der Waals surface area contributed by atoms with Crippen molar-refractivity contribution in [3.05, 3.63) is 35.9 Å². The van der Waals surface area contributed by atoms with Crippen LogP contribution < -0.4 is 0 Å². The number of benzene rings is 1. The predicted molar refractivity (Wildman–Crippen MR) is 83.4 cm³/mol. The minimum absolute atomic E-state index is 0.699. The van der Waals surface area contributed by atoms with Crippen molar-refractivity contribution in [2.24, 2.45) is 29.6 Å². The second kappa shape index (κ2) is 4.91. The molecule has 19 heavy (non-hydrogen) atoms. The molecule has 4 saturated carbocycles. The van der Waals surface area contributed by atoms with E-state index >= 15 is 0 Å². The summed E-state index contributed by atoms with van der Waals surface area (Å²) in [5.41, 5.74) is 1.50. The summed E-state index contributed by atoms with van der Waals surface area (Å²) in [5, 5.41) is 0. The number of alkyl halides is 1. The van der Waals surface area contributed by atoms with Crippen LogP contribution in [-0.4, -0.2) is 4.83 Å². The Bertz CT molecular complexity index is 410. The van der Waals surface area contributed by atoms with Gasteiger partial charge in [-0.1, -0.05) is 46.3 Å². The van der Waals surface area contributed by atoms with Crippen LogP contribution in [0.1, 0.15) is 37.7 Å². The van der Waals surface area contributed by atoms with Crippen molar-refractivity contribution in [1.29, 1.82) is 0 Å². The normalized spacial score (nSPS) is 41.4. The van der Waals surface area contributed by atoms with Crippen LogP contribution in [-0.2, 0) is 6.42 Å². The molecule has 0 heterocycles. The molecule has 4 aliphatic carbocycles. The lowest BCUT2D eigenvalue weighted by Crippen LogP contribution is -2.48. The average Bonchev–Trinajstić information content (AvgIpc) is 2.38. The SMILES string of the molecule is BrC(Cc1ccccc1)C1C2CC3CC(C2)CC1C3. The average molecular weight is 319 g/mol. The maximum Gasteiger partial charge on any atom is 0.0219 e. The van der Waals surface area contributed by atoms with Crippen molar-refractivity contribution in [2.45, 2.75) is 43.4 Å². The zero-order chi connectivity index (χ0) is 12.8. The van der Waals surface area contributed by atoms with Crippen molar-refractivity contribution >= 4 is 15.9 Å². The van der Waals surface area contributed by atoms with E-state index in [2.05, 4.69) is 46.3 Å². The number of rotatable bonds is 3. The fourth-order valence-electron chi connectivity index (χ4n) is 5.53. The van der Waals surface area contributed by atoms with E-state index in [-0.39, 0.29) is 0 Å². The molecule has 0 N–H and O–H groups in total. The highest BCUT2D eigenvalue weighted by atomic mass is 79.9. The lowest BCUT2D eigenvalue weighted by Gasteiger charge is -2.55. The Morgan fingerprint density at radius 2 is 1.47 bits per heavy atom. The van der Waals surface area contributed by atoms with Gasteiger partial charge in [0.1, 0.15) is 0 Å². The third-order valence-corrected chi connectivity index (χ3v) is 6.93. The fraction of sp³-hybridized carbons (Fsp3) is 0.667. The molecular formula is C18H23Br. The molecule has 4 aliphatic rings. The van der Waals surface area contributed by atoms with Crippen LogP contribution in [0.25, 0.3) is 0 Å². The predicted octanol–water partition coefficient (Wildman–Crippen LogP) is 5.06. The molecule has 0 aliphatic heterocycles. The summed E-state index contributed by atoms with van der Waals surface area (Å²) in [4.78, 5) is 0.699. The van der Waals surface area contributed by atoms with E-state index in [1.54, 1.807) is 6.42 Å². The molecular weight excluding hydrogens is 296 g/mol. The summed E-state index contributed by atoms with van der Waals surface area (Å²) >= 11 is 4.07. The minimum Gasteiger partial charge on any atom is -0.0884 e. The lowest BCUT2D eigenvalue weighted by atomic mass is 9.51. The van der Waals surface area contributed by atoms with E-state index in [1.165, 1.54) is 37.7 Å². The third-order valence-electron chi connectivity index (χ3n) is 5.99. The van der Waals surface area contributed by atoms with Crippen LogP contribution in [0.3, 0.4) is 0 Å². The van der Waals surface area contributed by atoms with E-state index in [4.69, 9.17) is 0 Å². The molecule has 5 rings (SSSR count). The second-order valence-electron chi connectivity index (χ2n) is 7.21. The van der Waals surface area contributed by atoms with E-state index < -0.39 is 0 Å². The van der Waals surface area contributed by atoms with Crippen molar-refractivity contribution in [1.82, 2.24) is 0 Å². The topological polar surface area (TPSA) is 0 Å². The van der Waals surface area contributed by atoms with Crippen LogP contribution in [0.5, 0.6) is 0 Å². The number of hydrogen-bond acceptors (Lipinski definition) is 0. The van der Waals surface area contributed by atoms with Gasteiger partial charge in [-0.05, 0) is 73.7 Å². The molecule has 1 atom stereocenters. The maximum atomic E-state index is 4.07. The highest BCUT2D eigenvalue weighted by molar-refractivity contribution is 9.09. The summed E-state index contributed by atoms with van der Waals surface area (Å²) in [6.45, 7) is 0. The van der Waals surface area contributed by atoms with Gasteiger partial charge in [-0.25, -0.2) is 0 Å². The van der Waals surface area contributed by atoms with Gasteiger partial charge in [-0.15, -0.1) is 0 Å². The Labute approximate surface area is 125 Å². The molecule has 0 aromatic heterocycles. The lowest BCUT2D eigenvalue weighted by molar-refractivity contribution is -0.0360. The molecule has 0 saturated heterocycles. The van der Waals surface area contributed by atoms with Gasteiger partial charge in [0.2, 0.25) is 0 Å². The van der Waals surface area contributed by atoms with Crippen molar-refractivity contribution in [2.75, 3.05) is 0 Å². The van der Waals surface area contributed by atoms with E-state index in [0.29, 0.717) is 4.83 Å². The first kappa shape index (κ1) is 12.4. The summed E-state index contributed by atoms with van der Waals surface area (Å²) in [7, 11) is 0. The number of hydrogen-bond donors (Lipinski definition) is 0. The molecule has 0 radical (unpaired) electrons. The van der Waals surface area contributed by atoms with E-state index in [1.807, 2.05) is 0 Å². The van der Waals surface area contributed by atoms with Crippen molar-refractivity contribution in [3.63, 3.8) is 0 Å². The molecule has 1 heteroatoms. The minimum atomic E-state index is 0.699. The quantitative estimate of drug-likeness (QED) is 0.683. The Kier molecular flexibility index (Phi) is 3.22. The summed E-state index contributed by atoms with van der Waals surface area (Å²) < 4.78 is 0. The molecule has 4 bridgehead atoms. The zero-order valence-corrected chi connectivity index (χ0v) is 13.1. The molecule has 102 valence electrons. The first-order valence-corrected chi connectivity index (χ1v) is 8.89. The molecule has 0 amide bonds. The van der Waals surface area contributed by atoms with Crippen molar-refractivity contribution < 1.29 is 0 Å². The Hall–Kier alpha value is -0.300. The zero-order valence-electron chi connectivity index (χ0n) is 11.5. The summed E-state index contributed by atoms with van der Waals surface area (Å²) in [6, 6.07) is 11.0. The van der Waals surface area contributed by atoms with Gasteiger partial charge in [-0.2, -0.15) is 0 Å². The molecule has 0 nitrogen and oxygen atoms in total. The molecule has 1 aromatic carbocycles. The molecule has 1 aromatic rings. The first-order chi connectivity index (χ1) is 9.29. The maximum absolute atomic E-state index is 4.07. The molecule has 0 spiro atoms. The standard InChI is InChI=1S/C18H23Br/c19-17(11-12-4-2-1-3-5-12)18-15-7-13-6-14(9-15)10-16(18)8-13/h1-5,13-18H,6-11H2. The smallest absolute Gasteiger partial charge is 0.0219 e. The highest BCUT2D eigenvalue weighted by Crippen LogP contribution is 2.58. The van der Waals surface area contributed by atoms with Gasteiger partial charge in [-0.3, -0.25) is 0 Å². The van der Waals surface area contributed by atoms with Crippen LogP contribution in [0.15, 0.2) is 30.3 Å². The Morgan fingerprint density at radius 3 is 2.05 bits per heavy atom. The van der Waals surface area contributed by atoms with Gasteiger partial charge in [0.05, 0.1) is 0 Å². The first-order valence-electron chi connectivity index (χ1n) is 7.97. The Morgan fingerprint density at radius 1 is 0.895 bits per heavy atom. The highest BCUT2D eigenvalue weighted by Gasteiger charge is 2.49. The van der Waals surface area contributed by atoms with Gasteiger partial charge in [0.25, 0.3) is 0 Å². The van der Waals surface area contributed by atoms with E-state index in [0.717, 1.165) is 29.6 Å². The van der Waals surface area contributed by atoms with Gasteiger partial charge in [0, 0.05) is 4.83 Å². The van der Waals surface area contributed by atoms with Gasteiger partial charge < -0.3 is 0 Å². The van der Waals surface area contributed by atoms with Crippen LogP contribution in [0.4, 0.5) is 0 Å². The summed E-state index contributed by atoms with van der Waals surface area (Å²) in [6.07, 6.45) is 8.92. The molecule has 1 unspecified atom stereocenters. The third kappa shape index (κ3) is 2.28. The van der Waals surface area contributed by atoms with Crippen molar-refractivity contribution in [3.8, 4) is 0 Å². The largest absolute Gasteiger partial charge is 0.0884 e.